The highest BCUT2D eigenvalue weighted by Gasteiger charge is 2.39. The van der Waals surface area contributed by atoms with Crippen molar-refractivity contribution in [3.63, 3.8) is 0 Å². The van der Waals surface area contributed by atoms with Crippen LogP contribution in [0.1, 0.15) is 34.1 Å². The molecule has 0 aliphatic heterocycles. The number of carbonyl (C=O) groups excluding carboxylic acids is 3. The van der Waals surface area contributed by atoms with Gasteiger partial charge in [0, 0.05) is 23.6 Å². The van der Waals surface area contributed by atoms with E-state index in [1.165, 1.54) is 14.2 Å². The van der Waals surface area contributed by atoms with Gasteiger partial charge in [0.15, 0.2) is 5.78 Å². The number of carbonyl (C=O) groups is 4. The maximum absolute atomic E-state index is 12.6. The fourth-order valence-corrected chi connectivity index (χ4v) is 2.54. The van der Waals surface area contributed by atoms with E-state index >= 15 is 0 Å². The first-order chi connectivity index (χ1) is 11.2. The Morgan fingerprint density at radius 1 is 1.08 bits per heavy atom. The van der Waals surface area contributed by atoms with E-state index in [1.807, 2.05) is 0 Å². The monoisotopic (exact) mass is 333 g/mol. The molecule has 0 saturated heterocycles. The summed E-state index contributed by atoms with van der Waals surface area (Å²) in [6.07, 6.45) is -0.565. The predicted molar refractivity (Wildman–Crippen MR) is 77.6 cm³/mol. The number of Topliss-reactive ketones (excluding diaryl/α,β-unsaturated/α-hetero) is 3. The summed E-state index contributed by atoms with van der Waals surface area (Å²) in [5.41, 5.74) is -2.32. The fraction of sp³-hybridized carbons (Fsp3) is 0.250. The molecule has 1 aromatic carbocycles. The topological polar surface area (TPSA) is 130 Å². The maximum atomic E-state index is 12.6. The average molecular weight is 333 g/mol. The molecule has 1 aliphatic rings. The summed E-state index contributed by atoms with van der Waals surface area (Å²) in [6, 6.07) is 1.11. The minimum Gasteiger partial charge on any atom is -0.869 e. The molecule has 1 aliphatic carbocycles. The minimum atomic E-state index is -1.65. The summed E-state index contributed by atoms with van der Waals surface area (Å²) in [5.74, 6) is -5.45. The Hall–Kier alpha value is -3.16. The molecule has 1 N–H and O–H groups in total. The number of fused-ring (bicyclic) bond motifs is 1. The van der Waals surface area contributed by atoms with E-state index in [0.717, 1.165) is 13.0 Å². The van der Waals surface area contributed by atoms with Crippen LogP contribution in [0.3, 0.4) is 0 Å². The lowest BCUT2D eigenvalue weighted by atomic mass is 9.81. The molecule has 0 saturated carbocycles. The number of rotatable bonds is 5. The van der Waals surface area contributed by atoms with E-state index < -0.39 is 57.8 Å². The highest BCUT2D eigenvalue weighted by molar-refractivity contribution is 6.37. The summed E-state index contributed by atoms with van der Waals surface area (Å²) < 4.78 is 9.87. The molecule has 0 amide bonds. The van der Waals surface area contributed by atoms with Gasteiger partial charge in [-0.2, -0.15) is 0 Å². The van der Waals surface area contributed by atoms with Crippen molar-refractivity contribution in [1.29, 1.82) is 0 Å². The van der Waals surface area contributed by atoms with Crippen LogP contribution < -0.4 is 14.6 Å². The summed E-state index contributed by atoms with van der Waals surface area (Å²) in [7, 11) is 2.40. The molecular formula is C16H13O8-. The Morgan fingerprint density at radius 2 is 1.67 bits per heavy atom. The molecule has 0 aromatic heterocycles. The molecule has 8 nitrogen and oxygen atoms in total. The summed E-state index contributed by atoms with van der Waals surface area (Å²) in [6.45, 7) is 1.14. The van der Waals surface area contributed by atoms with E-state index in [4.69, 9.17) is 9.47 Å². The van der Waals surface area contributed by atoms with Gasteiger partial charge in [0.2, 0.25) is 5.78 Å². The van der Waals surface area contributed by atoms with Crippen molar-refractivity contribution in [3.8, 4) is 17.2 Å². The zero-order chi connectivity index (χ0) is 18.2. The summed E-state index contributed by atoms with van der Waals surface area (Å²) in [5, 5.41) is 21.7. The molecule has 0 atom stereocenters. The number of carboxylic acid groups (broad SMARTS) is 1. The van der Waals surface area contributed by atoms with Crippen LogP contribution in [0.4, 0.5) is 0 Å². The van der Waals surface area contributed by atoms with E-state index in [-0.39, 0.29) is 11.5 Å². The van der Waals surface area contributed by atoms with Crippen LogP contribution in [0.25, 0.3) is 0 Å². The normalized spacial score (nSPS) is 13.6. The molecule has 0 radical (unpaired) electrons. The van der Waals surface area contributed by atoms with Crippen molar-refractivity contribution in [3.05, 3.63) is 28.3 Å². The Kier molecular flexibility index (Phi) is 4.41. The number of ether oxygens (including phenoxy) is 2. The zero-order valence-corrected chi connectivity index (χ0v) is 13.1. The van der Waals surface area contributed by atoms with E-state index in [2.05, 4.69) is 0 Å². The van der Waals surface area contributed by atoms with Crippen molar-refractivity contribution >= 4 is 23.3 Å². The molecule has 0 spiro atoms. The second kappa shape index (κ2) is 6.15. The smallest absolute Gasteiger partial charge is 0.340 e. The molecular weight excluding hydrogens is 320 g/mol. The molecule has 0 fully saturated rings. The zero-order valence-electron chi connectivity index (χ0n) is 13.1. The van der Waals surface area contributed by atoms with E-state index in [1.54, 1.807) is 0 Å². The quantitative estimate of drug-likeness (QED) is 0.772. The van der Waals surface area contributed by atoms with Gasteiger partial charge in [-0.15, -0.1) is 0 Å². The first-order valence-electron chi connectivity index (χ1n) is 6.75. The lowest BCUT2D eigenvalue weighted by Gasteiger charge is -2.26. The Labute approximate surface area is 136 Å². The number of hydrogen-bond acceptors (Lipinski definition) is 7. The van der Waals surface area contributed by atoms with Crippen LogP contribution in [0.5, 0.6) is 17.2 Å². The first-order valence-corrected chi connectivity index (χ1v) is 6.75. The number of ketones is 3. The third-order valence-corrected chi connectivity index (χ3v) is 3.55. The number of hydrogen-bond donors (Lipinski definition) is 1. The first kappa shape index (κ1) is 17.2. The predicted octanol–water partition coefficient (Wildman–Crippen LogP) is 0.517. The van der Waals surface area contributed by atoms with Gasteiger partial charge < -0.3 is 19.7 Å². The van der Waals surface area contributed by atoms with Crippen LogP contribution in [-0.2, 0) is 9.59 Å². The van der Waals surface area contributed by atoms with Crippen LogP contribution in [-0.4, -0.2) is 42.6 Å². The number of aliphatic carboxylic acids is 1. The van der Waals surface area contributed by atoms with Gasteiger partial charge in [-0.25, -0.2) is 4.79 Å². The van der Waals surface area contributed by atoms with Gasteiger partial charge >= 0.3 is 5.97 Å². The van der Waals surface area contributed by atoms with Gasteiger partial charge in [0.1, 0.15) is 22.9 Å². The van der Waals surface area contributed by atoms with Crippen LogP contribution >= 0.6 is 0 Å². The fourth-order valence-electron chi connectivity index (χ4n) is 2.54. The lowest BCUT2D eigenvalue weighted by Crippen LogP contribution is -2.29. The van der Waals surface area contributed by atoms with Crippen molar-refractivity contribution in [1.82, 2.24) is 0 Å². The van der Waals surface area contributed by atoms with Crippen molar-refractivity contribution in [2.45, 2.75) is 13.3 Å². The van der Waals surface area contributed by atoms with Gasteiger partial charge in [-0.05, 0) is 6.92 Å². The molecule has 1 aromatic rings. The minimum absolute atomic E-state index is 0.152. The van der Waals surface area contributed by atoms with Crippen molar-refractivity contribution < 1.29 is 38.9 Å². The highest BCUT2D eigenvalue weighted by Crippen LogP contribution is 2.42. The van der Waals surface area contributed by atoms with Crippen LogP contribution in [0, 0.1) is 0 Å². The number of benzene rings is 1. The molecule has 126 valence electrons. The van der Waals surface area contributed by atoms with Crippen molar-refractivity contribution in [2.75, 3.05) is 14.2 Å². The number of allylic oxidation sites excluding steroid dienone is 1. The molecule has 0 heterocycles. The Balaban J connectivity index is 2.88. The number of methoxy groups -OCH3 is 2. The SMILES string of the molecule is COc1cc(OC)c2c(c1[O-])C(=O)C(CC(C)=O)=C(C(=O)O)C2=O. The van der Waals surface area contributed by atoms with Crippen molar-refractivity contribution in [2.24, 2.45) is 0 Å². The van der Waals surface area contributed by atoms with Crippen LogP contribution in [0.2, 0.25) is 0 Å². The van der Waals surface area contributed by atoms with Gasteiger partial charge in [-0.1, -0.05) is 5.75 Å². The summed E-state index contributed by atoms with van der Waals surface area (Å²) >= 11 is 0. The van der Waals surface area contributed by atoms with E-state index in [9.17, 15) is 29.4 Å². The molecule has 8 heteroatoms. The Bertz CT molecular complexity index is 816. The van der Waals surface area contributed by atoms with Gasteiger partial charge in [0.05, 0.1) is 19.8 Å². The summed E-state index contributed by atoms with van der Waals surface area (Å²) in [4.78, 5) is 48.0. The maximum Gasteiger partial charge on any atom is 0.340 e. The lowest BCUT2D eigenvalue weighted by molar-refractivity contribution is -0.270. The largest absolute Gasteiger partial charge is 0.869 e. The average Bonchev–Trinajstić information content (AvgIpc) is 2.51. The second-order valence-electron chi connectivity index (χ2n) is 5.06. The van der Waals surface area contributed by atoms with Crippen LogP contribution in [0.15, 0.2) is 17.2 Å². The third kappa shape index (κ3) is 2.51. The van der Waals surface area contributed by atoms with Gasteiger partial charge in [-0.3, -0.25) is 14.4 Å². The third-order valence-electron chi connectivity index (χ3n) is 3.55. The standard InChI is InChI=1S/C16H14O8/c1-6(17)4-7-10(16(21)22)15(20)11-8(23-2)5-9(24-3)14(19)12(11)13(7)18/h5,19H,4H2,1-3H3,(H,21,22)/p-1. The Morgan fingerprint density at radius 3 is 2.12 bits per heavy atom. The molecule has 2 rings (SSSR count). The molecule has 24 heavy (non-hydrogen) atoms. The molecule has 0 unspecified atom stereocenters. The second-order valence-corrected chi connectivity index (χ2v) is 5.06. The molecule has 0 bridgehead atoms. The van der Waals surface area contributed by atoms with E-state index in [0.29, 0.717) is 0 Å². The number of carboxylic acids is 1. The van der Waals surface area contributed by atoms with Gasteiger partial charge in [0.25, 0.3) is 0 Å². The highest BCUT2D eigenvalue weighted by atomic mass is 16.5.